The molecule has 0 fully saturated rings. The SMILES string of the molecule is O=Cc1ccc2ccn(Cc3ccccc3Cl)c2c1. The van der Waals surface area contributed by atoms with Gasteiger partial charge < -0.3 is 4.57 Å². The number of rotatable bonds is 3. The van der Waals surface area contributed by atoms with E-state index in [2.05, 4.69) is 4.57 Å². The molecule has 3 aromatic rings. The van der Waals surface area contributed by atoms with Gasteiger partial charge in [0.15, 0.2) is 0 Å². The van der Waals surface area contributed by atoms with Gasteiger partial charge in [0, 0.05) is 28.8 Å². The maximum Gasteiger partial charge on any atom is 0.150 e. The number of aldehydes is 1. The number of carbonyl (C=O) groups excluding carboxylic acids is 1. The summed E-state index contributed by atoms with van der Waals surface area (Å²) in [7, 11) is 0. The van der Waals surface area contributed by atoms with Crippen LogP contribution in [0, 0.1) is 0 Å². The fourth-order valence-corrected chi connectivity index (χ4v) is 2.42. The van der Waals surface area contributed by atoms with Crippen LogP contribution in [0.2, 0.25) is 5.02 Å². The second kappa shape index (κ2) is 4.90. The second-order valence-electron chi connectivity index (χ2n) is 4.47. The molecule has 1 aromatic heterocycles. The summed E-state index contributed by atoms with van der Waals surface area (Å²) in [5, 5.41) is 1.88. The molecule has 0 amide bonds. The molecule has 0 bridgehead atoms. The van der Waals surface area contributed by atoms with Gasteiger partial charge in [-0.1, -0.05) is 41.9 Å². The highest BCUT2D eigenvalue weighted by Gasteiger charge is 2.05. The lowest BCUT2D eigenvalue weighted by atomic mass is 10.2. The zero-order chi connectivity index (χ0) is 13.2. The van der Waals surface area contributed by atoms with E-state index >= 15 is 0 Å². The minimum absolute atomic E-state index is 0.687. The van der Waals surface area contributed by atoms with Crippen LogP contribution in [0.1, 0.15) is 15.9 Å². The molecule has 0 spiro atoms. The largest absolute Gasteiger partial charge is 0.343 e. The summed E-state index contributed by atoms with van der Waals surface area (Å²) in [4.78, 5) is 10.9. The fourth-order valence-electron chi connectivity index (χ4n) is 2.22. The highest BCUT2D eigenvalue weighted by Crippen LogP contribution is 2.21. The summed E-state index contributed by atoms with van der Waals surface area (Å²) >= 11 is 6.18. The van der Waals surface area contributed by atoms with Crippen molar-refractivity contribution >= 4 is 28.8 Å². The molecule has 0 unspecified atom stereocenters. The third-order valence-corrected chi connectivity index (χ3v) is 3.60. The predicted molar refractivity (Wildman–Crippen MR) is 77.9 cm³/mol. The molecule has 19 heavy (non-hydrogen) atoms. The molecule has 0 radical (unpaired) electrons. The minimum atomic E-state index is 0.687. The number of benzene rings is 2. The van der Waals surface area contributed by atoms with Gasteiger partial charge in [-0.2, -0.15) is 0 Å². The van der Waals surface area contributed by atoms with Crippen molar-refractivity contribution in [1.82, 2.24) is 4.57 Å². The van der Waals surface area contributed by atoms with Crippen LogP contribution in [0.5, 0.6) is 0 Å². The van der Waals surface area contributed by atoms with Crippen molar-refractivity contribution in [2.45, 2.75) is 6.54 Å². The molecule has 3 rings (SSSR count). The summed E-state index contributed by atoms with van der Waals surface area (Å²) in [6.45, 7) is 0.700. The zero-order valence-electron chi connectivity index (χ0n) is 10.2. The molecule has 0 N–H and O–H groups in total. The van der Waals surface area contributed by atoms with E-state index in [0.29, 0.717) is 12.1 Å². The summed E-state index contributed by atoms with van der Waals surface area (Å²) in [6.07, 6.45) is 2.88. The molecule has 1 heterocycles. The van der Waals surface area contributed by atoms with E-state index in [4.69, 9.17) is 11.6 Å². The van der Waals surface area contributed by atoms with Gasteiger partial charge in [-0.25, -0.2) is 0 Å². The van der Waals surface area contributed by atoms with Gasteiger partial charge in [0.05, 0.1) is 0 Å². The summed E-state index contributed by atoms with van der Waals surface area (Å²) in [5.41, 5.74) is 2.80. The van der Waals surface area contributed by atoms with E-state index in [-0.39, 0.29) is 0 Å². The number of fused-ring (bicyclic) bond motifs is 1. The highest BCUT2D eigenvalue weighted by molar-refractivity contribution is 6.31. The van der Waals surface area contributed by atoms with E-state index < -0.39 is 0 Å². The predicted octanol–water partition coefficient (Wildman–Crippen LogP) is 4.16. The molecule has 2 nitrogen and oxygen atoms in total. The number of aromatic nitrogens is 1. The average molecular weight is 270 g/mol. The van der Waals surface area contributed by atoms with E-state index in [0.717, 1.165) is 27.8 Å². The lowest BCUT2D eigenvalue weighted by Crippen LogP contribution is -1.98. The maximum absolute atomic E-state index is 10.9. The molecule has 94 valence electrons. The number of halogens is 1. The first-order valence-electron chi connectivity index (χ1n) is 6.05. The lowest BCUT2D eigenvalue weighted by Gasteiger charge is -2.07. The Morgan fingerprint density at radius 1 is 1.11 bits per heavy atom. The first kappa shape index (κ1) is 12.0. The van der Waals surface area contributed by atoms with Crippen molar-refractivity contribution in [3.05, 3.63) is 70.9 Å². The Morgan fingerprint density at radius 3 is 2.74 bits per heavy atom. The Bertz CT molecular complexity index is 745. The van der Waals surface area contributed by atoms with Crippen molar-refractivity contribution < 1.29 is 4.79 Å². The average Bonchev–Trinajstić information content (AvgIpc) is 2.84. The van der Waals surface area contributed by atoms with Crippen LogP contribution in [-0.4, -0.2) is 10.9 Å². The molecule has 0 aliphatic heterocycles. The summed E-state index contributed by atoms with van der Waals surface area (Å²) in [6, 6.07) is 15.5. The van der Waals surface area contributed by atoms with Crippen LogP contribution in [0.4, 0.5) is 0 Å². The zero-order valence-corrected chi connectivity index (χ0v) is 11.0. The topological polar surface area (TPSA) is 22.0 Å². The van der Waals surface area contributed by atoms with Crippen LogP contribution < -0.4 is 0 Å². The van der Waals surface area contributed by atoms with Gasteiger partial charge in [-0.15, -0.1) is 0 Å². The molecule has 0 saturated heterocycles. The second-order valence-corrected chi connectivity index (χ2v) is 4.88. The summed E-state index contributed by atoms with van der Waals surface area (Å²) in [5.74, 6) is 0. The molecular formula is C16H12ClNO. The molecule has 0 aliphatic carbocycles. The Balaban J connectivity index is 2.06. The smallest absolute Gasteiger partial charge is 0.150 e. The van der Waals surface area contributed by atoms with E-state index in [1.54, 1.807) is 0 Å². The van der Waals surface area contributed by atoms with Gasteiger partial charge in [-0.05, 0) is 29.1 Å². The number of hydrogen-bond donors (Lipinski definition) is 0. The minimum Gasteiger partial charge on any atom is -0.343 e. The molecule has 0 aliphatic rings. The van der Waals surface area contributed by atoms with E-state index in [9.17, 15) is 4.79 Å². The van der Waals surface area contributed by atoms with E-state index in [1.165, 1.54) is 0 Å². The molecular weight excluding hydrogens is 258 g/mol. The molecule has 3 heteroatoms. The third-order valence-electron chi connectivity index (χ3n) is 3.23. The summed E-state index contributed by atoms with van der Waals surface area (Å²) < 4.78 is 2.10. The van der Waals surface area contributed by atoms with Crippen molar-refractivity contribution in [3.8, 4) is 0 Å². The van der Waals surface area contributed by atoms with E-state index in [1.807, 2.05) is 54.7 Å². The maximum atomic E-state index is 10.9. The van der Waals surface area contributed by atoms with Crippen molar-refractivity contribution in [3.63, 3.8) is 0 Å². The lowest BCUT2D eigenvalue weighted by molar-refractivity contribution is 0.112. The van der Waals surface area contributed by atoms with Crippen LogP contribution in [0.25, 0.3) is 10.9 Å². The quantitative estimate of drug-likeness (QED) is 0.655. The number of carbonyl (C=O) groups is 1. The van der Waals surface area contributed by atoms with Gasteiger partial charge >= 0.3 is 0 Å². The monoisotopic (exact) mass is 269 g/mol. The Labute approximate surface area is 116 Å². The van der Waals surface area contributed by atoms with Gasteiger partial charge in [0.2, 0.25) is 0 Å². The Kier molecular flexibility index (Phi) is 3.10. The standard InChI is InChI=1S/C16H12ClNO/c17-15-4-2-1-3-14(15)10-18-8-7-13-6-5-12(11-19)9-16(13)18/h1-9,11H,10H2. The van der Waals surface area contributed by atoms with Crippen LogP contribution >= 0.6 is 11.6 Å². The molecule has 0 saturated carbocycles. The highest BCUT2D eigenvalue weighted by atomic mass is 35.5. The van der Waals surface area contributed by atoms with Gasteiger partial charge in [-0.3, -0.25) is 4.79 Å². The first-order chi connectivity index (χ1) is 9.28. The van der Waals surface area contributed by atoms with Gasteiger partial charge in [0.25, 0.3) is 0 Å². The third kappa shape index (κ3) is 2.27. The Hall–Kier alpha value is -2.06. The van der Waals surface area contributed by atoms with Crippen LogP contribution in [0.15, 0.2) is 54.7 Å². The number of hydrogen-bond acceptors (Lipinski definition) is 1. The Morgan fingerprint density at radius 2 is 1.95 bits per heavy atom. The fraction of sp³-hybridized carbons (Fsp3) is 0.0625. The van der Waals surface area contributed by atoms with Crippen molar-refractivity contribution in [1.29, 1.82) is 0 Å². The molecule has 0 atom stereocenters. The van der Waals surface area contributed by atoms with Crippen LogP contribution in [0.3, 0.4) is 0 Å². The molecule has 2 aromatic carbocycles. The van der Waals surface area contributed by atoms with Crippen LogP contribution in [-0.2, 0) is 6.54 Å². The normalized spacial score (nSPS) is 10.8. The van der Waals surface area contributed by atoms with Crippen molar-refractivity contribution in [2.24, 2.45) is 0 Å². The number of nitrogens with zero attached hydrogens (tertiary/aromatic N) is 1. The van der Waals surface area contributed by atoms with Crippen molar-refractivity contribution in [2.75, 3.05) is 0 Å². The first-order valence-corrected chi connectivity index (χ1v) is 6.43. The van der Waals surface area contributed by atoms with Gasteiger partial charge in [0.1, 0.15) is 6.29 Å².